The van der Waals surface area contributed by atoms with E-state index in [2.05, 4.69) is 5.32 Å². The summed E-state index contributed by atoms with van der Waals surface area (Å²) in [6, 6.07) is 6.27. The first-order valence-electron chi connectivity index (χ1n) is 8.55. The van der Waals surface area contributed by atoms with Crippen LogP contribution in [0.4, 0.5) is 29.5 Å². The molecule has 2 amide bonds. The maximum absolute atomic E-state index is 13.3. The van der Waals surface area contributed by atoms with Gasteiger partial charge in [-0.3, -0.25) is 14.5 Å². The summed E-state index contributed by atoms with van der Waals surface area (Å²) in [5, 5.41) is 4.94. The van der Waals surface area contributed by atoms with Gasteiger partial charge in [0.25, 0.3) is 11.8 Å². The highest BCUT2D eigenvalue weighted by Crippen LogP contribution is 2.43. The molecule has 2 heterocycles. The molecule has 3 rings (SSSR count). The van der Waals surface area contributed by atoms with E-state index >= 15 is 0 Å². The van der Waals surface area contributed by atoms with E-state index in [4.69, 9.17) is 4.74 Å². The number of amides is 2. The summed E-state index contributed by atoms with van der Waals surface area (Å²) in [5.41, 5.74) is -0.910. The summed E-state index contributed by atoms with van der Waals surface area (Å²) in [7, 11) is 2.93. The third-order valence-corrected chi connectivity index (χ3v) is 5.15. The number of carbonyl (C=O) groups is 2. The molecule has 0 aliphatic carbocycles. The number of likely N-dealkylation sites (N-methyl/N-ethyl adjacent to an activating group) is 1. The van der Waals surface area contributed by atoms with Gasteiger partial charge in [0.2, 0.25) is 0 Å². The fourth-order valence-electron chi connectivity index (χ4n) is 2.85. The van der Waals surface area contributed by atoms with Crippen molar-refractivity contribution in [3.05, 3.63) is 53.0 Å². The predicted molar refractivity (Wildman–Crippen MR) is 104 cm³/mol. The molecule has 0 fully saturated rings. The van der Waals surface area contributed by atoms with Crippen molar-refractivity contribution in [3.8, 4) is 0 Å². The largest absolute Gasteiger partial charge is 0.416 e. The summed E-state index contributed by atoms with van der Waals surface area (Å²) >= 11 is 1.18. The molecule has 154 valence electrons. The average molecular weight is 425 g/mol. The van der Waals surface area contributed by atoms with Crippen molar-refractivity contribution in [2.75, 3.05) is 37.1 Å². The van der Waals surface area contributed by atoms with E-state index in [-0.39, 0.29) is 16.9 Å². The summed E-state index contributed by atoms with van der Waals surface area (Å²) < 4.78 is 44.8. The van der Waals surface area contributed by atoms with Crippen LogP contribution in [0.1, 0.15) is 5.56 Å². The maximum atomic E-state index is 13.3. The number of ether oxygens (including phenoxy) is 1. The van der Waals surface area contributed by atoms with Gasteiger partial charge in [0.1, 0.15) is 10.6 Å². The van der Waals surface area contributed by atoms with E-state index in [1.165, 1.54) is 42.7 Å². The Morgan fingerprint density at radius 1 is 1.17 bits per heavy atom. The molecule has 0 saturated carbocycles. The molecule has 1 aromatic carbocycles. The second-order valence-electron chi connectivity index (χ2n) is 6.16. The van der Waals surface area contributed by atoms with E-state index in [1.54, 1.807) is 17.5 Å². The molecular weight excluding hydrogens is 407 g/mol. The van der Waals surface area contributed by atoms with Crippen LogP contribution in [0.5, 0.6) is 0 Å². The van der Waals surface area contributed by atoms with Crippen LogP contribution in [0.3, 0.4) is 0 Å². The van der Waals surface area contributed by atoms with Gasteiger partial charge in [0, 0.05) is 26.9 Å². The number of fused-ring (bicyclic) bond motifs is 1. The van der Waals surface area contributed by atoms with Gasteiger partial charge < -0.3 is 15.0 Å². The molecule has 1 N–H and O–H groups in total. The molecule has 0 saturated heterocycles. The summed E-state index contributed by atoms with van der Waals surface area (Å²) in [6.07, 6.45) is -3.31. The van der Waals surface area contributed by atoms with E-state index in [0.29, 0.717) is 18.2 Å². The molecule has 0 radical (unpaired) electrons. The average Bonchev–Trinajstić information content (AvgIpc) is 3.18. The van der Waals surface area contributed by atoms with Gasteiger partial charge in [-0.25, -0.2) is 0 Å². The molecule has 0 unspecified atom stereocenters. The number of hydrogen-bond donors (Lipinski definition) is 1. The van der Waals surface area contributed by atoms with Gasteiger partial charge in [-0.15, -0.1) is 11.3 Å². The normalized spacial score (nSPS) is 16.2. The number of rotatable bonds is 5. The van der Waals surface area contributed by atoms with Crippen LogP contribution >= 0.6 is 11.3 Å². The van der Waals surface area contributed by atoms with E-state index in [1.807, 2.05) is 0 Å². The number of nitrogens with zero attached hydrogens (tertiary/aromatic N) is 2. The summed E-state index contributed by atoms with van der Waals surface area (Å²) in [6.45, 7) is 0.709. The number of halogens is 3. The van der Waals surface area contributed by atoms with Crippen LogP contribution in [0.2, 0.25) is 0 Å². The molecular formula is C19H18F3N3O3S. The van der Waals surface area contributed by atoms with Crippen molar-refractivity contribution >= 4 is 39.5 Å². The number of carbonyl (C=O) groups excluding carboxylic acids is 2. The lowest BCUT2D eigenvalue weighted by Crippen LogP contribution is -2.33. The molecule has 2 aromatic rings. The van der Waals surface area contributed by atoms with Crippen molar-refractivity contribution in [1.29, 1.82) is 0 Å². The van der Waals surface area contributed by atoms with Gasteiger partial charge >= 0.3 is 6.18 Å². The Bertz CT molecular complexity index is 942. The molecule has 0 atom stereocenters. The molecule has 1 aliphatic heterocycles. The zero-order valence-corrected chi connectivity index (χ0v) is 16.4. The van der Waals surface area contributed by atoms with Crippen molar-refractivity contribution in [2.45, 2.75) is 6.18 Å². The quantitative estimate of drug-likeness (QED) is 0.452. The van der Waals surface area contributed by atoms with Crippen molar-refractivity contribution < 1.29 is 27.5 Å². The zero-order valence-electron chi connectivity index (χ0n) is 15.6. The van der Waals surface area contributed by atoms with Gasteiger partial charge in [0.15, 0.2) is 0 Å². The summed E-state index contributed by atoms with van der Waals surface area (Å²) in [4.78, 5) is 28.5. The predicted octanol–water partition coefficient (Wildman–Crippen LogP) is 3.53. The highest BCUT2D eigenvalue weighted by Gasteiger charge is 2.38. The van der Waals surface area contributed by atoms with Crippen LogP contribution in [0.15, 0.2) is 47.5 Å². The topological polar surface area (TPSA) is 61.9 Å². The molecule has 6 nitrogen and oxygen atoms in total. The monoisotopic (exact) mass is 425 g/mol. The highest BCUT2D eigenvalue weighted by atomic mass is 32.1. The second-order valence-corrected chi connectivity index (χ2v) is 7.09. The standard InChI is InChI=1S/C19H18F3N3O3S/c1-24-14-6-5-12(19(20,21)22)10-15(14)25(16-4-3-9-29-16)18(27)13(17(24)26)11-23-7-8-28-2/h3-6,9-11,23H,7-8H2,1-2H3/b13-11-. The van der Waals surface area contributed by atoms with Gasteiger partial charge in [-0.2, -0.15) is 13.2 Å². The number of methoxy groups -OCH3 is 1. The number of alkyl halides is 3. The molecule has 10 heteroatoms. The van der Waals surface area contributed by atoms with E-state index in [0.717, 1.165) is 17.0 Å². The third kappa shape index (κ3) is 4.13. The minimum Gasteiger partial charge on any atom is -0.388 e. The lowest BCUT2D eigenvalue weighted by Gasteiger charge is -2.23. The lowest BCUT2D eigenvalue weighted by molar-refractivity contribution is -0.137. The molecule has 29 heavy (non-hydrogen) atoms. The van der Waals surface area contributed by atoms with E-state index in [9.17, 15) is 22.8 Å². The van der Waals surface area contributed by atoms with Crippen LogP contribution in [0.25, 0.3) is 0 Å². The SMILES string of the molecule is COCCN/C=C1/C(=O)N(C)c2ccc(C(F)(F)F)cc2N(c2cccs2)C1=O. The van der Waals surface area contributed by atoms with E-state index < -0.39 is 23.6 Å². The van der Waals surface area contributed by atoms with Crippen molar-refractivity contribution in [1.82, 2.24) is 5.32 Å². The van der Waals surface area contributed by atoms with Crippen LogP contribution in [-0.2, 0) is 20.5 Å². The minimum absolute atomic E-state index is 0.0107. The van der Waals surface area contributed by atoms with Gasteiger partial charge in [-0.05, 0) is 35.7 Å². The van der Waals surface area contributed by atoms with Crippen LogP contribution in [-0.4, -0.2) is 39.1 Å². The summed E-state index contributed by atoms with van der Waals surface area (Å²) in [5.74, 6) is -1.34. The molecule has 1 aromatic heterocycles. The number of nitrogens with one attached hydrogen (secondary N) is 1. The zero-order chi connectivity index (χ0) is 21.2. The first-order chi connectivity index (χ1) is 13.8. The molecule has 0 spiro atoms. The Morgan fingerprint density at radius 3 is 2.55 bits per heavy atom. The van der Waals surface area contributed by atoms with Crippen LogP contribution < -0.4 is 15.1 Å². The smallest absolute Gasteiger partial charge is 0.388 e. The van der Waals surface area contributed by atoms with Gasteiger partial charge in [-0.1, -0.05) is 0 Å². The Hall–Kier alpha value is -2.85. The Labute approximate surface area is 169 Å². The first-order valence-corrected chi connectivity index (χ1v) is 9.43. The Morgan fingerprint density at radius 2 is 1.93 bits per heavy atom. The Kier molecular flexibility index (Phi) is 5.94. The van der Waals surface area contributed by atoms with Crippen LogP contribution in [0, 0.1) is 0 Å². The number of hydrogen-bond acceptors (Lipinski definition) is 5. The van der Waals surface area contributed by atoms with Crippen molar-refractivity contribution in [2.24, 2.45) is 0 Å². The second kappa shape index (κ2) is 8.26. The highest BCUT2D eigenvalue weighted by molar-refractivity contribution is 7.14. The lowest BCUT2D eigenvalue weighted by atomic mass is 10.1. The fourth-order valence-corrected chi connectivity index (χ4v) is 3.59. The third-order valence-electron chi connectivity index (χ3n) is 4.30. The number of anilines is 3. The molecule has 0 bridgehead atoms. The number of benzene rings is 1. The molecule has 1 aliphatic rings. The number of thiophene rings is 1. The first kappa shape index (κ1) is 20.9. The minimum atomic E-state index is -4.59. The van der Waals surface area contributed by atoms with Gasteiger partial charge in [0.05, 0.1) is 23.5 Å². The fraction of sp³-hybridized carbons (Fsp3) is 0.263. The maximum Gasteiger partial charge on any atom is 0.416 e. The van der Waals surface area contributed by atoms with Crippen molar-refractivity contribution in [3.63, 3.8) is 0 Å². The Balaban J connectivity index is 2.16.